The van der Waals surface area contributed by atoms with Crippen molar-refractivity contribution < 1.29 is 13.2 Å². The van der Waals surface area contributed by atoms with Crippen LogP contribution in [0.1, 0.15) is 12.5 Å². The van der Waals surface area contributed by atoms with E-state index in [9.17, 15) is 13.2 Å². The summed E-state index contributed by atoms with van der Waals surface area (Å²) in [5.74, 6) is -0.600. The van der Waals surface area contributed by atoms with E-state index >= 15 is 0 Å². The van der Waals surface area contributed by atoms with Gasteiger partial charge in [-0.05, 0) is 30.7 Å². The molecule has 0 saturated carbocycles. The van der Waals surface area contributed by atoms with Crippen molar-refractivity contribution in [3.05, 3.63) is 28.2 Å². The van der Waals surface area contributed by atoms with Gasteiger partial charge in [0, 0.05) is 11.4 Å². The van der Waals surface area contributed by atoms with Crippen molar-refractivity contribution in [2.45, 2.75) is 18.7 Å². The second kappa shape index (κ2) is 4.32. The summed E-state index contributed by atoms with van der Waals surface area (Å²) in [6.07, 6.45) is 0. The molecule has 0 aliphatic rings. The zero-order valence-corrected chi connectivity index (χ0v) is 10.6. The Morgan fingerprint density at radius 2 is 2.00 bits per heavy atom. The van der Waals surface area contributed by atoms with Crippen LogP contribution in [-0.2, 0) is 14.8 Å². The molecule has 1 rings (SSSR count). The van der Waals surface area contributed by atoms with Gasteiger partial charge in [0.1, 0.15) is 0 Å². The molecule has 0 saturated heterocycles. The third-order valence-electron chi connectivity index (χ3n) is 1.70. The van der Waals surface area contributed by atoms with E-state index in [1.54, 1.807) is 19.1 Å². The van der Waals surface area contributed by atoms with E-state index in [0.717, 1.165) is 11.4 Å². The number of hydrogen-bond donors (Lipinski definition) is 1. The molecule has 1 aromatic carbocycles. The predicted octanol–water partition coefficient (Wildman–Crippen LogP) is 1.58. The lowest BCUT2D eigenvalue weighted by Gasteiger charge is -2.07. The Kier molecular flexibility index (Phi) is 3.51. The van der Waals surface area contributed by atoms with Crippen LogP contribution in [0.5, 0.6) is 0 Å². The molecule has 0 radical (unpaired) electrons. The smallest absolute Gasteiger partial charge is 0.264 e. The zero-order valence-electron chi connectivity index (χ0n) is 8.24. The number of amides is 1. The normalized spacial score (nSPS) is 11.1. The highest BCUT2D eigenvalue weighted by molar-refractivity contribution is 9.10. The van der Waals surface area contributed by atoms with Crippen LogP contribution >= 0.6 is 15.9 Å². The molecule has 1 aromatic rings. The molecule has 0 fully saturated rings. The topological polar surface area (TPSA) is 63.2 Å². The standard InChI is InChI=1S/C9H10BrNO3S/c1-6-5-8(10)3-4-9(6)15(13,14)11-7(2)12/h3-5H,1-2H3,(H,11,12). The van der Waals surface area contributed by atoms with Gasteiger partial charge in [-0.1, -0.05) is 15.9 Å². The van der Waals surface area contributed by atoms with E-state index < -0.39 is 15.9 Å². The average molecular weight is 292 g/mol. The molecule has 15 heavy (non-hydrogen) atoms. The zero-order chi connectivity index (χ0) is 11.6. The van der Waals surface area contributed by atoms with Gasteiger partial charge in [0.15, 0.2) is 0 Å². The molecule has 0 aliphatic carbocycles. The van der Waals surface area contributed by atoms with Gasteiger partial charge in [-0.3, -0.25) is 4.79 Å². The van der Waals surface area contributed by atoms with Crippen LogP contribution in [0.15, 0.2) is 27.6 Å². The van der Waals surface area contributed by atoms with Crippen LogP contribution in [0.25, 0.3) is 0 Å². The van der Waals surface area contributed by atoms with Crippen LogP contribution in [-0.4, -0.2) is 14.3 Å². The lowest BCUT2D eigenvalue weighted by Crippen LogP contribution is -2.28. The summed E-state index contributed by atoms with van der Waals surface area (Å²) in [7, 11) is -3.73. The van der Waals surface area contributed by atoms with E-state index in [0.29, 0.717) is 5.56 Å². The minimum absolute atomic E-state index is 0.112. The summed E-state index contributed by atoms with van der Waals surface area (Å²) < 4.78 is 26.0. The van der Waals surface area contributed by atoms with Gasteiger partial charge in [-0.2, -0.15) is 0 Å². The quantitative estimate of drug-likeness (QED) is 0.900. The molecular formula is C9H10BrNO3S. The Labute approximate surface area is 96.9 Å². The van der Waals surface area contributed by atoms with Crippen LogP contribution in [0.2, 0.25) is 0 Å². The maximum absolute atomic E-state index is 11.6. The fraction of sp³-hybridized carbons (Fsp3) is 0.222. The van der Waals surface area contributed by atoms with Crippen molar-refractivity contribution in [1.29, 1.82) is 0 Å². The summed E-state index contributed by atoms with van der Waals surface area (Å²) >= 11 is 3.23. The summed E-state index contributed by atoms with van der Waals surface area (Å²) in [4.78, 5) is 10.8. The largest absolute Gasteiger partial charge is 0.274 e. The lowest BCUT2D eigenvalue weighted by atomic mass is 10.2. The van der Waals surface area contributed by atoms with Crippen molar-refractivity contribution >= 4 is 31.9 Å². The number of carbonyl (C=O) groups excluding carboxylic acids is 1. The van der Waals surface area contributed by atoms with E-state index in [1.807, 2.05) is 4.72 Å². The summed E-state index contributed by atoms with van der Waals surface area (Å²) in [6.45, 7) is 2.82. The van der Waals surface area contributed by atoms with Crippen LogP contribution in [0.4, 0.5) is 0 Å². The van der Waals surface area contributed by atoms with Crippen molar-refractivity contribution in [3.63, 3.8) is 0 Å². The average Bonchev–Trinajstić information content (AvgIpc) is 1.99. The molecule has 0 aromatic heterocycles. The predicted molar refractivity (Wildman–Crippen MR) is 59.9 cm³/mol. The van der Waals surface area contributed by atoms with Crippen LogP contribution in [0.3, 0.4) is 0 Å². The summed E-state index contributed by atoms with van der Waals surface area (Å²) in [5, 5.41) is 0. The Bertz CT molecular complexity index is 496. The number of benzene rings is 1. The van der Waals surface area contributed by atoms with Crippen LogP contribution < -0.4 is 4.72 Å². The maximum atomic E-state index is 11.6. The van der Waals surface area contributed by atoms with Gasteiger partial charge >= 0.3 is 0 Å². The molecule has 0 heterocycles. The number of halogens is 1. The Hall–Kier alpha value is -0.880. The third-order valence-corrected chi connectivity index (χ3v) is 3.79. The second-order valence-electron chi connectivity index (χ2n) is 3.07. The molecule has 6 heteroatoms. The molecule has 0 unspecified atom stereocenters. The first-order valence-corrected chi connectivity index (χ1v) is 6.40. The Morgan fingerprint density at radius 1 is 1.40 bits per heavy atom. The fourth-order valence-corrected chi connectivity index (χ4v) is 2.85. The lowest BCUT2D eigenvalue weighted by molar-refractivity contribution is -0.117. The molecular weight excluding hydrogens is 282 g/mol. The monoisotopic (exact) mass is 291 g/mol. The molecule has 0 bridgehead atoms. The van der Waals surface area contributed by atoms with E-state index in [2.05, 4.69) is 15.9 Å². The van der Waals surface area contributed by atoms with E-state index in [-0.39, 0.29) is 4.90 Å². The van der Waals surface area contributed by atoms with Crippen molar-refractivity contribution in [3.8, 4) is 0 Å². The number of carbonyl (C=O) groups is 1. The summed E-state index contributed by atoms with van der Waals surface area (Å²) in [6, 6.07) is 4.74. The minimum atomic E-state index is -3.73. The Balaban J connectivity index is 3.22. The van der Waals surface area contributed by atoms with Gasteiger partial charge in [0.05, 0.1) is 4.90 Å². The third kappa shape index (κ3) is 3.04. The van der Waals surface area contributed by atoms with Crippen LogP contribution in [0, 0.1) is 6.92 Å². The number of nitrogens with one attached hydrogen (secondary N) is 1. The highest BCUT2D eigenvalue weighted by Crippen LogP contribution is 2.19. The first-order valence-electron chi connectivity index (χ1n) is 4.12. The number of rotatable bonds is 2. The maximum Gasteiger partial charge on any atom is 0.264 e. The Morgan fingerprint density at radius 3 is 2.47 bits per heavy atom. The first-order chi connectivity index (χ1) is 6.83. The minimum Gasteiger partial charge on any atom is -0.274 e. The number of sulfonamides is 1. The fourth-order valence-electron chi connectivity index (χ4n) is 1.16. The summed E-state index contributed by atoms with van der Waals surface area (Å²) in [5.41, 5.74) is 0.582. The number of hydrogen-bond acceptors (Lipinski definition) is 3. The molecule has 1 amide bonds. The van der Waals surface area contributed by atoms with Gasteiger partial charge < -0.3 is 0 Å². The molecule has 1 N–H and O–H groups in total. The van der Waals surface area contributed by atoms with Gasteiger partial charge in [-0.15, -0.1) is 0 Å². The van der Waals surface area contributed by atoms with Crippen molar-refractivity contribution in [2.75, 3.05) is 0 Å². The van der Waals surface area contributed by atoms with Crippen molar-refractivity contribution in [2.24, 2.45) is 0 Å². The molecule has 82 valence electrons. The molecule has 0 aliphatic heterocycles. The van der Waals surface area contributed by atoms with E-state index in [1.165, 1.54) is 6.07 Å². The SMILES string of the molecule is CC(=O)NS(=O)(=O)c1ccc(Br)cc1C. The molecule has 4 nitrogen and oxygen atoms in total. The highest BCUT2D eigenvalue weighted by Gasteiger charge is 2.17. The second-order valence-corrected chi connectivity index (χ2v) is 5.64. The molecule has 0 spiro atoms. The van der Waals surface area contributed by atoms with Crippen molar-refractivity contribution in [1.82, 2.24) is 4.72 Å². The van der Waals surface area contributed by atoms with Gasteiger partial charge in [0.2, 0.25) is 5.91 Å². The van der Waals surface area contributed by atoms with Gasteiger partial charge in [0.25, 0.3) is 10.0 Å². The van der Waals surface area contributed by atoms with E-state index in [4.69, 9.17) is 0 Å². The van der Waals surface area contributed by atoms with Gasteiger partial charge in [-0.25, -0.2) is 13.1 Å². The first kappa shape index (κ1) is 12.2. The highest BCUT2D eigenvalue weighted by atomic mass is 79.9. The number of aryl methyl sites for hydroxylation is 1. The molecule has 0 atom stereocenters.